The van der Waals surface area contributed by atoms with E-state index in [1.54, 1.807) is 0 Å². The molecule has 0 saturated heterocycles. The molecule has 0 aliphatic carbocycles. The number of halogens is 4. The van der Waals surface area contributed by atoms with Gasteiger partial charge in [0.25, 0.3) is 0 Å². The molecule has 1 N–H and O–H groups in total. The first-order chi connectivity index (χ1) is 8.44. The molecule has 0 saturated carbocycles. The highest BCUT2D eigenvalue weighted by atomic mass is 19.4. The quantitative estimate of drug-likeness (QED) is 0.634. The van der Waals surface area contributed by atoms with Crippen molar-refractivity contribution in [1.29, 1.82) is 0 Å². The Balaban J connectivity index is 2.67. The third-order valence-electron chi connectivity index (χ3n) is 2.07. The number of ether oxygens (including phenoxy) is 2. The van der Waals surface area contributed by atoms with Gasteiger partial charge < -0.3 is 14.8 Å². The Morgan fingerprint density at radius 2 is 2.00 bits per heavy atom. The smallest absolute Gasteiger partial charge is 0.403 e. The molecule has 0 bridgehead atoms. The van der Waals surface area contributed by atoms with E-state index in [1.165, 1.54) is 19.2 Å². The minimum absolute atomic E-state index is 0.101. The first kappa shape index (κ1) is 14.7. The maximum absolute atomic E-state index is 13.6. The number of alkyl halides is 3. The van der Waals surface area contributed by atoms with Crippen molar-refractivity contribution >= 4 is 0 Å². The molecule has 7 heteroatoms. The zero-order valence-electron chi connectivity index (χ0n) is 9.68. The van der Waals surface area contributed by atoms with Gasteiger partial charge in [0.15, 0.2) is 11.6 Å². The molecule has 0 spiro atoms. The van der Waals surface area contributed by atoms with Crippen LogP contribution in [0.25, 0.3) is 0 Å². The minimum Gasteiger partial charge on any atom is -0.403 e. The van der Waals surface area contributed by atoms with Gasteiger partial charge in [0.05, 0.1) is 6.61 Å². The molecule has 0 aliphatic heterocycles. The molecular formula is C11H13F4NO2. The fraction of sp³-hybridized carbons (Fsp3) is 0.455. The number of hydrogen-bond acceptors (Lipinski definition) is 3. The molecule has 0 aliphatic rings. The lowest BCUT2D eigenvalue weighted by Crippen LogP contribution is -2.21. The predicted molar refractivity (Wildman–Crippen MR) is 56.7 cm³/mol. The topological polar surface area (TPSA) is 30.5 Å². The van der Waals surface area contributed by atoms with Crippen molar-refractivity contribution < 1.29 is 27.0 Å². The van der Waals surface area contributed by atoms with Crippen LogP contribution in [0.3, 0.4) is 0 Å². The summed E-state index contributed by atoms with van der Waals surface area (Å²) < 4.78 is 57.9. The highest BCUT2D eigenvalue weighted by Crippen LogP contribution is 2.27. The van der Waals surface area contributed by atoms with Gasteiger partial charge >= 0.3 is 6.36 Å². The van der Waals surface area contributed by atoms with E-state index in [0.717, 1.165) is 6.07 Å². The number of methoxy groups -OCH3 is 1. The summed E-state index contributed by atoms with van der Waals surface area (Å²) in [6.07, 6.45) is -4.90. The first-order valence-electron chi connectivity index (χ1n) is 5.17. The van der Waals surface area contributed by atoms with Crippen LogP contribution >= 0.6 is 0 Å². The Morgan fingerprint density at radius 1 is 1.28 bits per heavy atom. The SMILES string of the molecule is COCCNCc1cccc(OC(F)(F)F)c1F. The molecule has 3 nitrogen and oxygen atoms in total. The van der Waals surface area contributed by atoms with Crippen molar-refractivity contribution in [3.8, 4) is 5.75 Å². The molecule has 1 rings (SSSR count). The zero-order valence-corrected chi connectivity index (χ0v) is 9.68. The highest BCUT2D eigenvalue weighted by molar-refractivity contribution is 5.31. The van der Waals surface area contributed by atoms with E-state index in [2.05, 4.69) is 10.1 Å². The van der Waals surface area contributed by atoms with Crippen LogP contribution in [-0.2, 0) is 11.3 Å². The molecule has 1 aromatic carbocycles. The fourth-order valence-electron chi connectivity index (χ4n) is 1.29. The van der Waals surface area contributed by atoms with Crippen molar-refractivity contribution in [2.75, 3.05) is 20.3 Å². The molecule has 0 heterocycles. The van der Waals surface area contributed by atoms with E-state index in [-0.39, 0.29) is 12.1 Å². The van der Waals surface area contributed by atoms with Gasteiger partial charge in [-0.1, -0.05) is 12.1 Å². The van der Waals surface area contributed by atoms with Crippen LogP contribution in [0.1, 0.15) is 5.56 Å². The summed E-state index contributed by atoms with van der Waals surface area (Å²) in [5.74, 6) is -1.84. The van der Waals surface area contributed by atoms with E-state index in [0.29, 0.717) is 13.2 Å². The number of hydrogen-bond donors (Lipinski definition) is 1. The lowest BCUT2D eigenvalue weighted by Gasteiger charge is -2.12. The van der Waals surface area contributed by atoms with Crippen molar-refractivity contribution in [3.05, 3.63) is 29.6 Å². The fourth-order valence-corrected chi connectivity index (χ4v) is 1.29. The van der Waals surface area contributed by atoms with Gasteiger partial charge in [-0.15, -0.1) is 13.2 Å². The Morgan fingerprint density at radius 3 is 2.61 bits per heavy atom. The third kappa shape index (κ3) is 4.89. The van der Waals surface area contributed by atoms with Crippen molar-refractivity contribution in [2.45, 2.75) is 12.9 Å². The minimum atomic E-state index is -4.90. The molecule has 0 radical (unpaired) electrons. The second-order valence-corrected chi connectivity index (χ2v) is 3.45. The van der Waals surface area contributed by atoms with Gasteiger partial charge in [0.2, 0.25) is 0 Å². The van der Waals surface area contributed by atoms with E-state index in [9.17, 15) is 17.6 Å². The molecule has 1 aromatic rings. The van der Waals surface area contributed by atoms with E-state index >= 15 is 0 Å². The molecule has 0 unspecified atom stereocenters. The van der Waals surface area contributed by atoms with Crippen LogP contribution in [-0.4, -0.2) is 26.6 Å². The number of rotatable bonds is 6. The van der Waals surface area contributed by atoms with Gasteiger partial charge in [-0.2, -0.15) is 0 Å². The highest BCUT2D eigenvalue weighted by Gasteiger charge is 2.32. The average Bonchev–Trinajstić information content (AvgIpc) is 2.27. The molecule has 0 aromatic heterocycles. The normalized spacial score (nSPS) is 11.6. The third-order valence-corrected chi connectivity index (χ3v) is 2.07. The van der Waals surface area contributed by atoms with Gasteiger partial charge in [-0.3, -0.25) is 0 Å². The van der Waals surface area contributed by atoms with Crippen LogP contribution in [0.4, 0.5) is 17.6 Å². The molecule has 102 valence electrons. The van der Waals surface area contributed by atoms with Crippen LogP contribution in [0.2, 0.25) is 0 Å². The largest absolute Gasteiger partial charge is 0.573 e. The van der Waals surface area contributed by atoms with Gasteiger partial charge in [0.1, 0.15) is 0 Å². The Bertz CT molecular complexity index is 382. The lowest BCUT2D eigenvalue weighted by molar-refractivity contribution is -0.275. The van der Waals surface area contributed by atoms with Crippen molar-refractivity contribution in [3.63, 3.8) is 0 Å². The van der Waals surface area contributed by atoms with E-state index in [4.69, 9.17) is 4.74 Å². The lowest BCUT2D eigenvalue weighted by atomic mass is 10.2. The van der Waals surface area contributed by atoms with Crippen molar-refractivity contribution in [1.82, 2.24) is 5.32 Å². The maximum atomic E-state index is 13.6. The Hall–Kier alpha value is -1.34. The maximum Gasteiger partial charge on any atom is 0.573 e. The summed E-state index contributed by atoms with van der Waals surface area (Å²) >= 11 is 0. The molecule has 0 atom stereocenters. The van der Waals surface area contributed by atoms with Gasteiger partial charge in [-0.25, -0.2) is 4.39 Å². The predicted octanol–water partition coefficient (Wildman–Crippen LogP) is 2.46. The van der Waals surface area contributed by atoms with Crippen molar-refractivity contribution in [2.24, 2.45) is 0 Å². The molecular weight excluding hydrogens is 254 g/mol. The Labute approximate surface area is 102 Å². The molecule has 0 amide bonds. The number of benzene rings is 1. The summed E-state index contributed by atoms with van der Waals surface area (Å²) in [6.45, 7) is 1.00. The standard InChI is InChI=1S/C11H13F4NO2/c1-17-6-5-16-7-8-3-2-4-9(10(8)12)18-11(13,14)15/h2-4,16H,5-7H2,1H3. The second kappa shape index (κ2) is 6.55. The first-order valence-corrected chi connectivity index (χ1v) is 5.17. The summed E-state index contributed by atoms with van der Waals surface area (Å²) in [7, 11) is 1.51. The van der Waals surface area contributed by atoms with Gasteiger partial charge in [-0.05, 0) is 6.07 Å². The van der Waals surface area contributed by atoms with Crippen LogP contribution in [0.5, 0.6) is 5.75 Å². The van der Waals surface area contributed by atoms with Crippen LogP contribution in [0, 0.1) is 5.82 Å². The van der Waals surface area contributed by atoms with E-state index < -0.39 is 17.9 Å². The summed E-state index contributed by atoms with van der Waals surface area (Å²) in [4.78, 5) is 0. The van der Waals surface area contributed by atoms with E-state index in [1.807, 2.05) is 0 Å². The van der Waals surface area contributed by atoms with Crippen LogP contribution in [0.15, 0.2) is 18.2 Å². The Kier molecular flexibility index (Phi) is 5.36. The average molecular weight is 267 g/mol. The summed E-state index contributed by atoms with van der Waals surface area (Å²) in [5, 5.41) is 2.83. The summed E-state index contributed by atoms with van der Waals surface area (Å²) in [5.41, 5.74) is 0.104. The number of nitrogens with one attached hydrogen (secondary N) is 1. The van der Waals surface area contributed by atoms with Crippen LogP contribution < -0.4 is 10.1 Å². The van der Waals surface area contributed by atoms with Gasteiger partial charge in [0, 0.05) is 25.8 Å². The monoisotopic (exact) mass is 267 g/mol. The second-order valence-electron chi connectivity index (χ2n) is 3.45. The molecule has 0 fully saturated rings. The summed E-state index contributed by atoms with van der Waals surface area (Å²) in [6, 6.07) is 3.62. The molecule has 18 heavy (non-hydrogen) atoms. The zero-order chi connectivity index (χ0) is 13.6.